The van der Waals surface area contributed by atoms with Crippen LogP contribution in [0.25, 0.3) is 0 Å². The molecule has 0 saturated heterocycles. The van der Waals surface area contributed by atoms with Crippen LogP contribution in [-0.2, 0) is 9.47 Å². The number of ether oxygens (including phenoxy) is 2. The Morgan fingerprint density at radius 1 is 0.864 bits per heavy atom. The molecule has 0 aliphatic rings. The average Bonchev–Trinajstić information content (AvgIpc) is 2.49. The van der Waals surface area contributed by atoms with Crippen LogP contribution >= 0.6 is 0 Å². The summed E-state index contributed by atoms with van der Waals surface area (Å²) in [5, 5.41) is 28.2. The fraction of sp³-hybridized carbons (Fsp3) is 1.00. The molecule has 0 aliphatic carbocycles. The maximum Gasteiger partial charge on any atom is 0.111 e. The molecule has 22 heavy (non-hydrogen) atoms. The van der Waals surface area contributed by atoms with Gasteiger partial charge in [0.15, 0.2) is 0 Å². The lowest BCUT2D eigenvalue weighted by Crippen LogP contribution is -2.41. The predicted molar refractivity (Wildman–Crippen MR) is 87.9 cm³/mol. The first-order valence-corrected chi connectivity index (χ1v) is 8.79. The monoisotopic (exact) mass is 320 g/mol. The zero-order chi connectivity index (χ0) is 16.6. The molecule has 0 aromatic carbocycles. The lowest BCUT2D eigenvalue weighted by Gasteiger charge is -2.25. The van der Waals surface area contributed by atoms with Gasteiger partial charge in [-0.2, -0.15) is 0 Å². The molecule has 134 valence electrons. The molecule has 0 aromatic heterocycles. The van der Waals surface area contributed by atoms with Crippen molar-refractivity contribution >= 4 is 0 Å². The van der Waals surface area contributed by atoms with Gasteiger partial charge in [-0.1, -0.05) is 51.9 Å². The second-order valence-corrected chi connectivity index (χ2v) is 5.92. The van der Waals surface area contributed by atoms with Gasteiger partial charge in [0.05, 0.1) is 25.9 Å². The van der Waals surface area contributed by atoms with Gasteiger partial charge in [0.2, 0.25) is 0 Å². The fourth-order valence-corrected chi connectivity index (χ4v) is 2.40. The van der Waals surface area contributed by atoms with Crippen LogP contribution in [0.15, 0.2) is 0 Å². The van der Waals surface area contributed by atoms with Gasteiger partial charge in [-0.05, 0) is 13.3 Å². The van der Waals surface area contributed by atoms with Gasteiger partial charge in [-0.15, -0.1) is 0 Å². The highest BCUT2D eigenvalue weighted by Gasteiger charge is 2.24. The van der Waals surface area contributed by atoms with Gasteiger partial charge in [0, 0.05) is 6.61 Å². The maximum absolute atomic E-state index is 9.94. The highest BCUT2D eigenvalue weighted by atomic mass is 16.5. The molecule has 5 nitrogen and oxygen atoms in total. The molecule has 0 spiro atoms. The smallest absolute Gasteiger partial charge is 0.111 e. The zero-order valence-electron chi connectivity index (χ0n) is 14.4. The third-order valence-electron chi connectivity index (χ3n) is 3.69. The average molecular weight is 320 g/mol. The topological polar surface area (TPSA) is 79.2 Å². The van der Waals surface area contributed by atoms with Crippen LogP contribution in [0.5, 0.6) is 0 Å². The number of aliphatic hydroxyl groups excluding tert-OH is 3. The fourth-order valence-electron chi connectivity index (χ4n) is 2.40. The summed E-state index contributed by atoms with van der Waals surface area (Å²) in [5.41, 5.74) is 0. The second kappa shape index (κ2) is 15.7. The Morgan fingerprint density at radius 2 is 1.45 bits per heavy atom. The molecule has 0 radical (unpaired) electrons. The summed E-state index contributed by atoms with van der Waals surface area (Å²) < 4.78 is 10.7. The van der Waals surface area contributed by atoms with Crippen molar-refractivity contribution in [1.29, 1.82) is 0 Å². The van der Waals surface area contributed by atoms with Crippen molar-refractivity contribution in [2.75, 3.05) is 26.4 Å². The van der Waals surface area contributed by atoms with E-state index in [1.165, 1.54) is 38.5 Å². The van der Waals surface area contributed by atoms with Crippen LogP contribution in [0, 0.1) is 0 Å². The van der Waals surface area contributed by atoms with Crippen LogP contribution in [0.1, 0.15) is 65.2 Å². The number of rotatable bonds is 16. The van der Waals surface area contributed by atoms with Crippen molar-refractivity contribution in [2.45, 2.75) is 83.5 Å². The summed E-state index contributed by atoms with van der Waals surface area (Å²) in [6.45, 7) is 4.53. The first-order chi connectivity index (χ1) is 10.6. The standard InChI is InChI=1S/C17H36O5/c1-3-4-5-6-7-8-9-10-12-21-14-16(20)17(15(2)19)22-13-11-18/h15-20H,3-14H2,1-2H3/t15-,16?,17+/m1/s1. The molecule has 0 aromatic rings. The predicted octanol–water partition coefficient (Wildman–Crippen LogP) is 2.26. The minimum atomic E-state index is -0.874. The largest absolute Gasteiger partial charge is 0.394 e. The maximum atomic E-state index is 9.94. The lowest BCUT2D eigenvalue weighted by atomic mass is 10.1. The van der Waals surface area contributed by atoms with Crippen molar-refractivity contribution in [2.24, 2.45) is 0 Å². The zero-order valence-corrected chi connectivity index (χ0v) is 14.4. The van der Waals surface area contributed by atoms with E-state index in [4.69, 9.17) is 14.6 Å². The number of hydrogen-bond acceptors (Lipinski definition) is 5. The van der Waals surface area contributed by atoms with E-state index in [9.17, 15) is 10.2 Å². The quantitative estimate of drug-likeness (QED) is 0.380. The highest BCUT2D eigenvalue weighted by Crippen LogP contribution is 2.09. The summed E-state index contributed by atoms with van der Waals surface area (Å²) in [7, 11) is 0. The summed E-state index contributed by atoms with van der Waals surface area (Å²) in [4.78, 5) is 0. The molecule has 5 heteroatoms. The number of unbranched alkanes of at least 4 members (excludes halogenated alkanes) is 7. The molecule has 0 heterocycles. The molecule has 3 atom stereocenters. The van der Waals surface area contributed by atoms with Crippen LogP contribution in [0.3, 0.4) is 0 Å². The summed E-state index contributed by atoms with van der Waals surface area (Å²) in [6, 6.07) is 0. The lowest BCUT2D eigenvalue weighted by molar-refractivity contribution is -0.120. The van der Waals surface area contributed by atoms with E-state index in [1.807, 2.05) is 0 Å². The Kier molecular flexibility index (Phi) is 15.5. The molecular weight excluding hydrogens is 284 g/mol. The molecular formula is C17H36O5. The van der Waals surface area contributed by atoms with Crippen LogP contribution < -0.4 is 0 Å². The Bertz CT molecular complexity index is 223. The molecule has 0 amide bonds. The molecule has 3 N–H and O–H groups in total. The summed E-state index contributed by atoms with van der Waals surface area (Å²) in [5.74, 6) is 0. The molecule has 0 rings (SSSR count). The molecule has 1 unspecified atom stereocenters. The molecule has 0 fully saturated rings. The van der Waals surface area contributed by atoms with Crippen molar-refractivity contribution in [3.05, 3.63) is 0 Å². The van der Waals surface area contributed by atoms with Gasteiger partial charge in [0.25, 0.3) is 0 Å². The molecule has 0 saturated carbocycles. The van der Waals surface area contributed by atoms with Gasteiger partial charge in [0.1, 0.15) is 12.2 Å². The van der Waals surface area contributed by atoms with Crippen molar-refractivity contribution in [3.8, 4) is 0 Å². The minimum absolute atomic E-state index is 0.102. The van der Waals surface area contributed by atoms with Gasteiger partial charge < -0.3 is 24.8 Å². The Morgan fingerprint density at radius 3 is 2.00 bits per heavy atom. The van der Waals surface area contributed by atoms with Crippen molar-refractivity contribution < 1.29 is 24.8 Å². The van der Waals surface area contributed by atoms with Crippen molar-refractivity contribution in [3.63, 3.8) is 0 Å². The number of aliphatic hydroxyl groups is 3. The van der Waals surface area contributed by atoms with Gasteiger partial charge in [-0.25, -0.2) is 0 Å². The van der Waals surface area contributed by atoms with Gasteiger partial charge >= 0.3 is 0 Å². The van der Waals surface area contributed by atoms with Crippen LogP contribution in [0.4, 0.5) is 0 Å². The van der Waals surface area contributed by atoms with Gasteiger partial charge in [-0.3, -0.25) is 0 Å². The normalized spacial score (nSPS) is 15.7. The number of hydrogen-bond donors (Lipinski definition) is 3. The van der Waals surface area contributed by atoms with Crippen molar-refractivity contribution in [1.82, 2.24) is 0 Å². The Labute approximate surface area is 135 Å². The summed E-state index contributed by atoms with van der Waals surface area (Å²) in [6.07, 6.45) is 7.59. The molecule has 0 bridgehead atoms. The van der Waals surface area contributed by atoms with E-state index in [0.29, 0.717) is 6.61 Å². The molecule has 0 aliphatic heterocycles. The Hall–Kier alpha value is -0.200. The van der Waals surface area contributed by atoms with E-state index >= 15 is 0 Å². The van der Waals surface area contributed by atoms with Crippen LogP contribution in [0.2, 0.25) is 0 Å². The highest BCUT2D eigenvalue weighted by molar-refractivity contribution is 4.74. The van der Waals surface area contributed by atoms with E-state index < -0.39 is 18.3 Å². The third-order valence-corrected chi connectivity index (χ3v) is 3.69. The summed E-state index contributed by atoms with van der Waals surface area (Å²) >= 11 is 0. The van der Waals surface area contributed by atoms with E-state index in [2.05, 4.69) is 6.92 Å². The minimum Gasteiger partial charge on any atom is -0.394 e. The third kappa shape index (κ3) is 12.4. The first-order valence-electron chi connectivity index (χ1n) is 8.79. The van der Waals surface area contributed by atoms with E-state index in [-0.39, 0.29) is 19.8 Å². The van der Waals surface area contributed by atoms with E-state index in [1.54, 1.807) is 6.92 Å². The van der Waals surface area contributed by atoms with E-state index in [0.717, 1.165) is 12.8 Å². The SMILES string of the molecule is CCCCCCCCCCOCC(O)[C@@H](OCCO)[C@@H](C)O. The Balaban J connectivity index is 3.51. The second-order valence-electron chi connectivity index (χ2n) is 5.92. The van der Waals surface area contributed by atoms with Crippen LogP contribution in [-0.4, -0.2) is 60.1 Å². The first kappa shape index (κ1) is 21.8.